The van der Waals surface area contributed by atoms with Crippen LogP contribution in [-0.2, 0) is 11.3 Å². The van der Waals surface area contributed by atoms with E-state index in [2.05, 4.69) is 10.1 Å². The van der Waals surface area contributed by atoms with Crippen LogP contribution in [0.3, 0.4) is 0 Å². The van der Waals surface area contributed by atoms with Crippen LogP contribution in [0.1, 0.15) is 22.8 Å². The zero-order chi connectivity index (χ0) is 22.3. The SMILES string of the molecule is CCN(Cc1c(F)cccc1F)C(=O)CNC(=O)c1ccc(OC(F)F)c(OC)c1. The molecule has 2 rings (SSSR count). The number of hydrogen-bond acceptors (Lipinski definition) is 4. The lowest BCUT2D eigenvalue weighted by Gasteiger charge is -2.22. The molecule has 0 spiro atoms. The molecule has 2 amide bonds. The van der Waals surface area contributed by atoms with Gasteiger partial charge < -0.3 is 19.7 Å². The molecule has 0 aliphatic carbocycles. The summed E-state index contributed by atoms with van der Waals surface area (Å²) in [7, 11) is 1.22. The number of benzene rings is 2. The van der Waals surface area contributed by atoms with Crippen molar-refractivity contribution in [1.82, 2.24) is 10.2 Å². The number of rotatable bonds is 9. The molecule has 30 heavy (non-hydrogen) atoms. The van der Waals surface area contributed by atoms with Crippen molar-refractivity contribution in [3.8, 4) is 11.5 Å². The highest BCUT2D eigenvalue weighted by Crippen LogP contribution is 2.29. The zero-order valence-electron chi connectivity index (χ0n) is 16.3. The first-order valence-electron chi connectivity index (χ1n) is 8.88. The number of alkyl halides is 2. The lowest BCUT2D eigenvalue weighted by atomic mass is 10.1. The summed E-state index contributed by atoms with van der Waals surface area (Å²) in [5.41, 5.74) is -0.206. The molecule has 0 saturated heterocycles. The molecule has 0 atom stereocenters. The second-order valence-corrected chi connectivity index (χ2v) is 6.03. The van der Waals surface area contributed by atoms with E-state index >= 15 is 0 Å². The first-order chi connectivity index (χ1) is 14.3. The Morgan fingerprint density at radius 2 is 1.77 bits per heavy atom. The Hall–Kier alpha value is -3.30. The van der Waals surface area contributed by atoms with E-state index in [1.807, 2.05) is 0 Å². The van der Waals surface area contributed by atoms with Crippen molar-refractivity contribution in [3.63, 3.8) is 0 Å². The quantitative estimate of drug-likeness (QED) is 0.622. The Balaban J connectivity index is 2.03. The van der Waals surface area contributed by atoms with Gasteiger partial charge in [0, 0.05) is 17.7 Å². The molecule has 162 valence electrons. The van der Waals surface area contributed by atoms with Crippen LogP contribution in [-0.4, -0.2) is 43.5 Å². The van der Waals surface area contributed by atoms with Gasteiger partial charge >= 0.3 is 6.61 Å². The normalized spacial score (nSPS) is 10.6. The molecule has 0 unspecified atom stereocenters. The summed E-state index contributed by atoms with van der Waals surface area (Å²) in [6, 6.07) is 6.95. The fourth-order valence-corrected chi connectivity index (χ4v) is 2.62. The molecule has 6 nitrogen and oxygen atoms in total. The standard InChI is InChI=1S/C20H20F4N2O4/c1-3-26(11-13-14(21)5-4-6-15(13)22)18(27)10-25-19(28)12-7-8-16(30-20(23)24)17(9-12)29-2/h4-9,20H,3,10-11H2,1-2H3,(H,25,28). The van der Waals surface area contributed by atoms with Crippen LogP contribution in [0.25, 0.3) is 0 Å². The first kappa shape index (κ1) is 23.0. The second kappa shape index (κ2) is 10.5. The summed E-state index contributed by atoms with van der Waals surface area (Å²) < 4.78 is 61.6. The van der Waals surface area contributed by atoms with Crippen LogP contribution in [0.2, 0.25) is 0 Å². The first-order valence-corrected chi connectivity index (χ1v) is 8.88. The zero-order valence-corrected chi connectivity index (χ0v) is 16.3. The van der Waals surface area contributed by atoms with Gasteiger partial charge in [0.25, 0.3) is 5.91 Å². The van der Waals surface area contributed by atoms with Crippen LogP contribution < -0.4 is 14.8 Å². The van der Waals surface area contributed by atoms with Gasteiger partial charge in [-0.15, -0.1) is 0 Å². The molecule has 0 fully saturated rings. The van der Waals surface area contributed by atoms with Crippen molar-refractivity contribution in [2.75, 3.05) is 20.2 Å². The fourth-order valence-electron chi connectivity index (χ4n) is 2.62. The summed E-state index contributed by atoms with van der Waals surface area (Å²) in [5.74, 6) is -3.10. The van der Waals surface area contributed by atoms with Crippen molar-refractivity contribution in [3.05, 3.63) is 59.2 Å². The molecule has 2 aromatic carbocycles. The highest BCUT2D eigenvalue weighted by Gasteiger charge is 2.19. The Bertz CT molecular complexity index is 888. The number of carbonyl (C=O) groups is 2. The third-order valence-electron chi connectivity index (χ3n) is 4.19. The minimum absolute atomic E-state index is 0.0458. The Morgan fingerprint density at radius 1 is 1.10 bits per heavy atom. The average molecular weight is 428 g/mol. The molecule has 0 heterocycles. The second-order valence-electron chi connectivity index (χ2n) is 6.03. The molecule has 10 heteroatoms. The number of likely N-dealkylation sites (N-methyl/N-ethyl adjacent to an activating group) is 1. The Labute approximate surface area is 170 Å². The van der Waals surface area contributed by atoms with Crippen molar-refractivity contribution < 1.29 is 36.6 Å². The largest absolute Gasteiger partial charge is 0.493 e. The topological polar surface area (TPSA) is 67.9 Å². The molecule has 0 radical (unpaired) electrons. The van der Waals surface area contributed by atoms with E-state index < -0.39 is 36.6 Å². The van der Waals surface area contributed by atoms with Crippen molar-refractivity contribution in [1.29, 1.82) is 0 Å². The van der Waals surface area contributed by atoms with E-state index in [1.54, 1.807) is 6.92 Å². The minimum atomic E-state index is -3.06. The van der Waals surface area contributed by atoms with E-state index in [1.165, 1.54) is 30.2 Å². The van der Waals surface area contributed by atoms with E-state index in [0.29, 0.717) is 0 Å². The highest BCUT2D eigenvalue weighted by atomic mass is 19.3. The maximum absolute atomic E-state index is 13.8. The number of hydrogen-bond donors (Lipinski definition) is 1. The van der Waals surface area contributed by atoms with Crippen molar-refractivity contribution >= 4 is 11.8 Å². The summed E-state index contributed by atoms with van der Waals surface area (Å²) in [6.45, 7) is -1.99. The smallest absolute Gasteiger partial charge is 0.387 e. The molecule has 1 N–H and O–H groups in total. The molecule has 0 aromatic heterocycles. The molecular weight excluding hydrogens is 408 g/mol. The number of ether oxygens (including phenoxy) is 2. The predicted octanol–water partition coefficient (Wildman–Crippen LogP) is 3.35. The Morgan fingerprint density at radius 3 is 2.33 bits per heavy atom. The predicted molar refractivity (Wildman–Crippen MR) is 99.4 cm³/mol. The van der Waals surface area contributed by atoms with Crippen LogP contribution in [0, 0.1) is 11.6 Å². The minimum Gasteiger partial charge on any atom is -0.493 e. The van der Waals surface area contributed by atoms with E-state index in [0.717, 1.165) is 18.2 Å². The number of amides is 2. The maximum Gasteiger partial charge on any atom is 0.387 e. The monoisotopic (exact) mass is 428 g/mol. The van der Waals surface area contributed by atoms with Gasteiger partial charge in [-0.25, -0.2) is 8.78 Å². The van der Waals surface area contributed by atoms with Gasteiger partial charge in [-0.3, -0.25) is 9.59 Å². The number of halogens is 4. The van der Waals surface area contributed by atoms with Gasteiger partial charge in [-0.1, -0.05) is 6.07 Å². The van der Waals surface area contributed by atoms with Crippen molar-refractivity contribution in [2.24, 2.45) is 0 Å². The molecule has 2 aromatic rings. The summed E-state index contributed by atoms with van der Waals surface area (Å²) in [5, 5.41) is 2.38. The molecule has 0 saturated carbocycles. The van der Waals surface area contributed by atoms with Gasteiger partial charge in [0.2, 0.25) is 5.91 Å². The lowest BCUT2D eigenvalue weighted by Crippen LogP contribution is -2.40. The molecular formula is C20H20F4N2O4. The van der Waals surface area contributed by atoms with Crippen molar-refractivity contribution in [2.45, 2.75) is 20.1 Å². The lowest BCUT2D eigenvalue weighted by molar-refractivity contribution is -0.130. The Kier molecular flexibility index (Phi) is 8.02. The number of methoxy groups -OCH3 is 1. The summed E-state index contributed by atoms with van der Waals surface area (Å²) >= 11 is 0. The van der Waals surface area contributed by atoms with Crippen LogP contribution in [0.15, 0.2) is 36.4 Å². The molecule has 0 aliphatic rings. The van der Waals surface area contributed by atoms with Gasteiger partial charge in [0.15, 0.2) is 11.5 Å². The summed E-state index contributed by atoms with van der Waals surface area (Å²) in [4.78, 5) is 25.8. The van der Waals surface area contributed by atoms with E-state index in [4.69, 9.17) is 4.74 Å². The van der Waals surface area contributed by atoms with E-state index in [9.17, 15) is 27.2 Å². The van der Waals surface area contributed by atoms with Gasteiger partial charge in [-0.2, -0.15) is 8.78 Å². The highest BCUT2D eigenvalue weighted by molar-refractivity contribution is 5.97. The van der Waals surface area contributed by atoms with Gasteiger partial charge in [0.05, 0.1) is 20.2 Å². The number of carbonyl (C=O) groups excluding carboxylic acids is 2. The third kappa shape index (κ3) is 5.85. The maximum atomic E-state index is 13.8. The number of nitrogens with zero attached hydrogens (tertiary/aromatic N) is 1. The molecule has 0 bridgehead atoms. The summed E-state index contributed by atoms with van der Waals surface area (Å²) in [6.07, 6.45) is 0. The average Bonchev–Trinajstić information content (AvgIpc) is 2.71. The van der Waals surface area contributed by atoms with Gasteiger partial charge in [0.1, 0.15) is 11.6 Å². The third-order valence-corrected chi connectivity index (χ3v) is 4.19. The molecule has 0 aliphatic heterocycles. The van der Waals surface area contributed by atoms with Gasteiger partial charge in [-0.05, 0) is 37.3 Å². The fraction of sp³-hybridized carbons (Fsp3) is 0.300. The van der Waals surface area contributed by atoms with Crippen LogP contribution in [0.4, 0.5) is 17.6 Å². The van der Waals surface area contributed by atoms with E-state index in [-0.39, 0.29) is 35.7 Å². The van der Waals surface area contributed by atoms with Crippen LogP contribution in [0.5, 0.6) is 11.5 Å². The number of nitrogens with one attached hydrogen (secondary N) is 1. The van der Waals surface area contributed by atoms with Crippen LogP contribution >= 0.6 is 0 Å².